The molecule has 2 aromatic rings. The van der Waals surface area contributed by atoms with E-state index in [9.17, 15) is 31.9 Å². The van der Waals surface area contributed by atoms with Crippen LogP contribution in [-0.4, -0.2) is 36.6 Å². The molecule has 2 amide bonds. The van der Waals surface area contributed by atoms with E-state index in [0.29, 0.717) is 16.7 Å². The average Bonchev–Trinajstić information content (AvgIpc) is 3.52. The van der Waals surface area contributed by atoms with Gasteiger partial charge in [-0.25, -0.2) is 9.18 Å². The molecule has 0 saturated heterocycles. The number of ether oxygens (including phenoxy) is 1. The monoisotopic (exact) mass is 466 g/mol. The van der Waals surface area contributed by atoms with Crippen molar-refractivity contribution in [3.63, 3.8) is 0 Å². The maximum Gasteiger partial charge on any atom is 0.397 e. The third-order valence-electron chi connectivity index (χ3n) is 5.40. The second-order valence-electron chi connectivity index (χ2n) is 7.89. The molecule has 0 heterocycles. The lowest BCUT2D eigenvalue weighted by atomic mass is 9.97. The maximum absolute atomic E-state index is 14.2. The summed E-state index contributed by atoms with van der Waals surface area (Å²) in [6, 6.07) is 10.3. The quantitative estimate of drug-likeness (QED) is 0.476. The van der Waals surface area contributed by atoms with Crippen molar-refractivity contribution in [2.45, 2.75) is 43.9 Å². The summed E-state index contributed by atoms with van der Waals surface area (Å²) in [7, 11) is 1.16. The standard InChI is InChI=1S/C23H22F4N2O4/c1-13(28-21(32)22(10-11-22)29-18(30)12-23(25,26)27)14-6-8-15(9-7-14)16-4-3-5-17(24)19(16)20(31)33-2/h3-9,13H,10-12H2,1-2H3,(H,28,32)(H,29,30)/t13-/m1/s1. The van der Waals surface area contributed by atoms with Crippen LogP contribution in [0.4, 0.5) is 17.6 Å². The molecule has 0 spiro atoms. The van der Waals surface area contributed by atoms with Gasteiger partial charge in [0.15, 0.2) is 0 Å². The zero-order valence-corrected chi connectivity index (χ0v) is 17.9. The van der Waals surface area contributed by atoms with Crippen molar-refractivity contribution >= 4 is 17.8 Å². The van der Waals surface area contributed by atoms with Crippen LogP contribution in [-0.2, 0) is 14.3 Å². The van der Waals surface area contributed by atoms with E-state index in [1.165, 1.54) is 6.07 Å². The highest BCUT2D eigenvalue weighted by Gasteiger charge is 2.52. The van der Waals surface area contributed by atoms with Gasteiger partial charge < -0.3 is 15.4 Å². The second-order valence-corrected chi connectivity index (χ2v) is 7.89. The Kier molecular flexibility index (Phi) is 6.76. The molecule has 3 rings (SSSR count). The van der Waals surface area contributed by atoms with E-state index in [-0.39, 0.29) is 18.4 Å². The summed E-state index contributed by atoms with van der Waals surface area (Å²) in [5.74, 6) is -3.34. The number of methoxy groups -OCH3 is 1. The van der Waals surface area contributed by atoms with E-state index < -0.39 is 47.8 Å². The number of carbonyl (C=O) groups is 3. The van der Waals surface area contributed by atoms with Crippen molar-refractivity contribution in [1.29, 1.82) is 0 Å². The predicted octanol–water partition coefficient (Wildman–Crippen LogP) is 4.06. The minimum atomic E-state index is -4.65. The van der Waals surface area contributed by atoms with E-state index in [2.05, 4.69) is 15.4 Å². The molecule has 6 nitrogen and oxygen atoms in total. The normalized spacial score (nSPS) is 15.3. The highest BCUT2D eigenvalue weighted by molar-refractivity contribution is 5.97. The lowest BCUT2D eigenvalue weighted by molar-refractivity contribution is -0.155. The first kappa shape index (κ1) is 24.2. The topological polar surface area (TPSA) is 84.5 Å². The lowest BCUT2D eigenvalue weighted by Crippen LogP contribution is -2.50. The van der Waals surface area contributed by atoms with Crippen LogP contribution in [0.15, 0.2) is 42.5 Å². The van der Waals surface area contributed by atoms with Gasteiger partial charge in [0, 0.05) is 0 Å². The van der Waals surface area contributed by atoms with E-state index in [1.807, 2.05) is 0 Å². The molecule has 2 N–H and O–H groups in total. The van der Waals surface area contributed by atoms with Gasteiger partial charge in [-0.1, -0.05) is 36.4 Å². The SMILES string of the molecule is COC(=O)c1c(F)cccc1-c1ccc([C@@H](C)NC(=O)C2(NC(=O)CC(F)(F)F)CC2)cc1. The Balaban J connectivity index is 1.70. The molecule has 1 fully saturated rings. The molecule has 2 aromatic carbocycles. The van der Waals surface area contributed by atoms with Crippen molar-refractivity contribution in [3.05, 3.63) is 59.4 Å². The van der Waals surface area contributed by atoms with Crippen LogP contribution < -0.4 is 10.6 Å². The van der Waals surface area contributed by atoms with Crippen molar-refractivity contribution < 1.29 is 36.7 Å². The zero-order chi connectivity index (χ0) is 24.4. The van der Waals surface area contributed by atoms with E-state index in [4.69, 9.17) is 0 Å². The molecule has 0 aromatic heterocycles. The third-order valence-corrected chi connectivity index (χ3v) is 5.40. The van der Waals surface area contributed by atoms with Gasteiger partial charge in [0.25, 0.3) is 0 Å². The number of carbonyl (C=O) groups excluding carboxylic acids is 3. The summed E-state index contributed by atoms with van der Waals surface area (Å²) in [6.45, 7) is 1.68. The fourth-order valence-corrected chi connectivity index (χ4v) is 3.47. The van der Waals surface area contributed by atoms with Crippen LogP contribution in [0.3, 0.4) is 0 Å². The van der Waals surface area contributed by atoms with Crippen LogP contribution in [0.1, 0.15) is 48.1 Å². The first-order chi connectivity index (χ1) is 15.5. The number of esters is 1. The number of amides is 2. The number of nitrogens with one attached hydrogen (secondary N) is 2. The van der Waals surface area contributed by atoms with Crippen LogP contribution in [0.5, 0.6) is 0 Å². The zero-order valence-electron chi connectivity index (χ0n) is 17.9. The van der Waals surface area contributed by atoms with Gasteiger partial charge in [-0.2, -0.15) is 13.2 Å². The van der Waals surface area contributed by atoms with E-state index in [1.54, 1.807) is 37.3 Å². The molecule has 0 bridgehead atoms. The number of hydrogen-bond acceptors (Lipinski definition) is 4. The highest BCUT2D eigenvalue weighted by Crippen LogP contribution is 2.37. The molecule has 10 heteroatoms. The molecule has 33 heavy (non-hydrogen) atoms. The van der Waals surface area contributed by atoms with Crippen LogP contribution in [0, 0.1) is 5.82 Å². The molecule has 0 unspecified atom stereocenters. The predicted molar refractivity (Wildman–Crippen MR) is 111 cm³/mol. The fraction of sp³-hybridized carbons (Fsp3) is 0.348. The van der Waals surface area contributed by atoms with Gasteiger partial charge in [-0.05, 0) is 42.5 Å². The average molecular weight is 466 g/mol. The summed E-state index contributed by atoms with van der Waals surface area (Å²) in [6.07, 6.45) is -5.79. The highest BCUT2D eigenvalue weighted by atomic mass is 19.4. The molecule has 1 atom stereocenters. The van der Waals surface area contributed by atoms with Gasteiger partial charge in [0.1, 0.15) is 23.3 Å². The van der Waals surface area contributed by atoms with E-state index in [0.717, 1.165) is 13.2 Å². The summed E-state index contributed by atoms with van der Waals surface area (Å²) < 4.78 is 56.0. The Morgan fingerprint density at radius 2 is 1.73 bits per heavy atom. The Bertz CT molecular complexity index is 1060. The largest absolute Gasteiger partial charge is 0.465 e. The van der Waals surface area contributed by atoms with Crippen LogP contribution in [0.25, 0.3) is 11.1 Å². The maximum atomic E-state index is 14.2. The molecule has 176 valence electrons. The van der Waals surface area contributed by atoms with Crippen molar-refractivity contribution in [2.75, 3.05) is 7.11 Å². The Hall–Kier alpha value is -3.43. The summed E-state index contributed by atoms with van der Waals surface area (Å²) in [5.41, 5.74) is 0.0395. The third kappa shape index (κ3) is 5.68. The first-order valence-corrected chi connectivity index (χ1v) is 10.1. The number of alkyl halides is 3. The number of rotatable bonds is 7. The first-order valence-electron chi connectivity index (χ1n) is 10.1. The van der Waals surface area contributed by atoms with Gasteiger partial charge in [0.2, 0.25) is 11.8 Å². The second kappa shape index (κ2) is 9.21. The number of benzene rings is 2. The van der Waals surface area contributed by atoms with Crippen molar-refractivity contribution in [1.82, 2.24) is 10.6 Å². The molecule has 1 aliphatic rings. The Morgan fingerprint density at radius 3 is 2.27 bits per heavy atom. The Morgan fingerprint density at radius 1 is 1.09 bits per heavy atom. The van der Waals surface area contributed by atoms with Gasteiger partial charge >= 0.3 is 12.1 Å². The molecular formula is C23H22F4N2O4. The van der Waals surface area contributed by atoms with Gasteiger partial charge in [-0.15, -0.1) is 0 Å². The molecule has 0 aliphatic heterocycles. The minimum absolute atomic E-state index is 0.195. The minimum Gasteiger partial charge on any atom is -0.465 e. The van der Waals surface area contributed by atoms with E-state index >= 15 is 0 Å². The van der Waals surface area contributed by atoms with Gasteiger partial charge in [0.05, 0.1) is 13.2 Å². The number of halogens is 4. The van der Waals surface area contributed by atoms with Crippen LogP contribution >= 0.6 is 0 Å². The molecule has 1 aliphatic carbocycles. The smallest absolute Gasteiger partial charge is 0.397 e. The molecule has 1 saturated carbocycles. The number of hydrogen-bond donors (Lipinski definition) is 2. The summed E-state index contributed by atoms with van der Waals surface area (Å²) >= 11 is 0. The lowest BCUT2D eigenvalue weighted by Gasteiger charge is -2.21. The van der Waals surface area contributed by atoms with Crippen molar-refractivity contribution in [3.8, 4) is 11.1 Å². The van der Waals surface area contributed by atoms with Gasteiger partial charge in [-0.3, -0.25) is 9.59 Å². The molecule has 0 radical (unpaired) electrons. The van der Waals surface area contributed by atoms with Crippen molar-refractivity contribution in [2.24, 2.45) is 0 Å². The summed E-state index contributed by atoms with van der Waals surface area (Å²) in [5, 5.41) is 4.89. The van der Waals surface area contributed by atoms with Crippen LogP contribution in [0.2, 0.25) is 0 Å². The Labute approximate surface area is 187 Å². The fourth-order valence-electron chi connectivity index (χ4n) is 3.47. The summed E-state index contributed by atoms with van der Waals surface area (Å²) in [4.78, 5) is 36.2. The molecular weight excluding hydrogens is 444 g/mol.